The van der Waals surface area contributed by atoms with E-state index in [1.54, 1.807) is 0 Å². The molecule has 0 amide bonds. The van der Waals surface area contributed by atoms with Gasteiger partial charge in [-0.05, 0) is 5.56 Å². The first-order chi connectivity index (χ1) is 4.47. The van der Waals surface area contributed by atoms with Crippen molar-refractivity contribution in [1.82, 2.24) is 5.32 Å². The maximum absolute atomic E-state index is 3.25. The fraction of sp³-hybridized carbons (Fsp3) is 0.250. The number of halogens is 1. The maximum atomic E-state index is 3.25. The predicted octanol–water partition coefficient (Wildman–Crippen LogP) is 1.75. The van der Waals surface area contributed by atoms with Gasteiger partial charge in [-0.3, -0.25) is 0 Å². The van der Waals surface area contributed by atoms with Crippen LogP contribution in [0.25, 0.3) is 0 Å². The first-order valence-electron chi connectivity index (χ1n) is 3.25. The molecule has 1 heterocycles. The lowest BCUT2D eigenvalue weighted by Crippen LogP contribution is -1.80. The van der Waals surface area contributed by atoms with Crippen molar-refractivity contribution >= 4 is 12.4 Å². The van der Waals surface area contributed by atoms with Crippen molar-refractivity contribution in [3.8, 4) is 0 Å². The van der Waals surface area contributed by atoms with Crippen molar-refractivity contribution in [1.29, 1.82) is 0 Å². The highest BCUT2D eigenvalue weighted by Crippen LogP contribution is 2.19. The Morgan fingerprint density at radius 2 is 1.80 bits per heavy atom. The summed E-state index contributed by atoms with van der Waals surface area (Å²) in [5, 5.41) is 3.25. The van der Waals surface area contributed by atoms with Gasteiger partial charge in [0.25, 0.3) is 0 Å². The second-order valence-electron chi connectivity index (χ2n) is 2.37. The molecule has 1 aliphatic heterocycles. The molecule has 2 heteroatoms. The van der Waals surface area contributed by atoms with E-state index in [1.165, 1.54) is 5.56 Å². The highest BCUT2D eigenvalue weighted by atomic mass is 35.5. The van der Waals surface area contributed by atoms with E-state index in [0.29, 0.717) is 6.04 Å². The van der Waals surface area contributed by atoms with Crippen LogP contribution in [0.2, 0.25) is 0 Å². The van der Waals surface area contributed by atoms with Crippen molar-refractivity contribution in [2.45, 2.75) is 6.04 Å². The zero-order valence-electron chi connectivity index (χ0n) is 5.58. The van der Waals surface area contributed by atoms with Gasteiger partial charge in [0.1, 0.15) is 0 Å². The average molecular weight is 156 g/mol. The third-order valence-corrected chi connectivity index (χ3v) is 1.61. The fourth-order valence-electron chi connectivity index (χ4n) is 0.980. The molecule has 1 unspecified atom stereocenters. The van der Waals surface area contributed by atoms with Crippen LogP contribution in [0.1, 0.15) is 11.6 Å². The van der Waals surface area contributed by atoms with Crippen LogP contribution in [-0.2, 0) is 0 Å². The summed E-state index contributed by atoms with van der Waals surface area (Å²) >= 11 is 0. The molecule has 0 aliphatic carbocycles. The molecule has 54 valence electrons. The van der Waals surface area contributed by atoms with Gasteiger partial charge >= 0.3 is 0 Å². The van der Waals surface area contributed by atoms with E-state index in [2.05, 4.69) is 29.6 Å². The minimum absolute atomic E-state index is 0. The molecular weight excluding hydrogens is 146 g/mol. The summed E-state index contributed by atoms with van der Waals surface area (Å²) in [6.45, 7) is 1.16. The average Bonchev–Trinajstić information content (AvgIpc) is 2.71. The summed E-state index contributed by atoms with van der Waals surface area (Å²) < 4.78 is 0. The summed E-state index contributed by atoms with van der Waals surface area (Å²) in [7, 11) is 0. The zero-order valence-corrected chi connectivity index (χ0v) is 6.40. The van der Waals surface area contributed by atoms with Crippen LogP contribution in [0.4, 0.5) is 0 Å². The summed E-state index contributed by atoms with van der Waals surface area (Å²) in [5.41, 5.74) is 1.41. The Morgan fingerprint density at radius 1 is 1.20 bits per heavy atom. The van der Waals surface area contributed by atoms with Crippen LogP contribution >= 0.6 is 12.4 Å². The van der Waals surface area contributed by atoms with Crippen LogP contribution in [0.5, 0.6) is 0 Å². The normalized spacial score (nSPS) is 21.4. The number of hydrogen-bond donors (Lipinski definition) is 1. The highest BCUT2D eigenvalue weighted by Gasteiger charge is 2.20. The number of hydrogen-bond acceptors (Lipinski definition) is 1. The third-order valence-electron chi connectivity index (χ3n) is 1.61. The molecule has 1 nitrogen and oxygen atoms in total. The van der Waals surface area contributed by atoms with Crippen LogP contribution < -0.4 is 5.32 Å². The van der Waals surface area contributed by atoms with Gasteiger partial charge in [-0.2, -0.15) is 0 Å². The summed E-state index contributed by atoms with van der Waals surface area (Å²) in [4.78, 5) is 0. The first kappa shape index (κ1) is 7.58. The van der Waals surface area contributed by atoms with Crippen LogP contribution in [-0.4, -0.2) is 6.54 Å². The molecule has 1 aromatic rings. The van der Waals surface area contributed by atoms with E-state index < -0.39 is 0 Å². The Kier molecular flexibility index (Phi) is 2.30. The smallest absolute Gasteiger partial charge is 0.0447 e. The molecule has 0 aromatic heterocycles. The van der Waals surface area contributed by atoms with Gasteiger partial charge < -0.3 is 5.32 Å². The third kappa shape index (κ3) is 1.49. The van der Waals surface area contributed by atoms with E-state index in [-0.39, 0.29) is 12.4 Å². The van der Waals surface area contributed by atoms with E-state index >= 15 is 0 Å². The largest absolute Gasteiger partial charge is 0.307 e. The molecule has 0 radical (unpaired) electrons. The quantitative estimate of drug-likeness (QED) is 0.614. The molecule has 0 spiro atoms. The van der Waals surface area contributed by atoms with Gasteiger partial charge in [0.2, 0.25) is 0 Å². The van der Waals surface area contributed by atoms with Crippen LogP contribution in [0, 0.1) is 0 Å². The van der Waals surface area contributed by atoms with Crippen molar-refractivity contribution in [2.75, 3.05) is 6.54 Å². The molecule has 0 bridgehead atoms. The SMILES string of the molecule is Cl.c1ccc(C2CN2)cc1. The second kappa shape index (κ2) is 3.04. The molecule has 10 heavy (non-hydrogen) atoms. The predicted molar refractivity (Wildman–Crippen MR) is 44.4 cm³/mol. The molecular formula is C8H10ClN. The van der Waals surface area contributed by atoms with E-state index in [0.717, 1.165) is 6.54 Å². The lowest BCUT2D eigenvalue weighted by molar-refractivity contribution is 1.08. The van der Waals surface area contributed by atoms with Crippen molar-refractivity contribution in [2.24, 2.45) is 0 Å². The van der Waals surface area contributed by atoms with Gasteiger partial charge in [-0.25, -0.2) is 0 Å². The van der Waals surface area contributed by atoms with Crippen molar-refractivity contribution < 1.29 is 0 Å². The van der Waals surface area contributed by atoms with Gasteiger partial charge in [-0.1, -0.05) is 30.3 Å². The topological polar surface area (TPSA) is 21.9 Å². The molecule has 1 atom stereocenters. The Labute approximate surface area is 66.9 Å². The van der Waals surface area contributed by atoms with Gasteiger partial charge in [0, 0.05) is 12.6 Å². The Balaban J connectivity index is 0.000000500. The Morgan fingerprint density at radius 3 is 2.30 bits per heavy atom. The maximum Gasteiger partial charge on any atom is 0.0447 e. The second-order valence-corrected chi connectivity index (χ2v) is 2.37. The lowest BCUT2D eigenvalue weighted by atomic mass is 10.2. The van der Waals surface area contributed by atoms with Gasteiger partial charge in [0.05, 0.1) is 0 Å². The Hall–Kier alpha value is -0.530. The summed E-state index contributed by atoms with van der Waals surface area (Å²) in [5.74, 6) is 0. The zero-order chi connectivity index (χ0) is 6.10. The van der Waals surface area contributed by atoms with Crippen molar-refractivity contribution in [3.05, 3.63) is 35.9 Å². The molecule has 1 aliphatic rings. The van der Waals surface area contributed by atoms with Crippen LogP contribution in [0.15, 0.2) is 30.3 Å². The molecule has 2 rings (SSSR count). The molecule has 1 fully saturated rings. The first-order valence-corrected chi connectivity index (χ1v) is 3.25. The minimum Gasteiger partial charge on any atom is -0.307 e. The van der Waals surface area contributed by atoms with Crippen LogP contribution in [0.3, 0.4) is 0 Å². The lowest BCUT2D eigenvalue weighted by Gasteiger charge is -1.91. The number of nitrogens with one attached hydrogen (secondary N) is 1. The Bertz CT molecular complexity index is 194. The standard InChI is InChI=1S/C8H9N.ClH/c1-2-4-7(5-3-1)8-6-9-8;/h1-5,8-9H,6H2;1H. The van der Waals surface area contributed by atoms with E-state index in [9.17, 15) is 0 Å². The van der Waals surface area contributed by atoms with Gasteiger partial charge in [0.15, 0.2) is 0 Å². The molecule has 1 N–H and O–H groups in total. The van der Waals surface area contributed by atoms with Crippen molar-refractivity contribution in [3.63, 3.8) is 0 Å². The molecule has 1 saturated heterocycles. The monoisotopic (exact) mass is 155 g/mol. The number of benzene rings is 1. The minimum atomic E-state index is 0. The number of rotatable bonds is 1. The molecule has 0 saturated carbocycles. The highest BCUT2D eigenvalue weighted by molar-refractivity contribution is 5.85. The van der Waals surface area contributed by atoms with Gasteiger partial charge in [-0.15, -0.1) is 12.4 Å². The fourth-order valence-corrected chi connectivity index (χ4v) is 0.980. The van der Waals surface area contributed by atoms with E-state index in [1.807, 2.05) is 6.07 Å². The summed E-state index contributed by atoms with van der Waals surface area (Å²) in [6, 6.07) is 11.2. The van der Waals surface area contributed by atoms with E-state index in [4.69, 9.17) is 0 Å². The summed E-state index contributed by atoms with van der Waals surface area (Å²) in [6.07, 6.45) is 0. The molecule has 1 aromatic carbocycles.